The number of nitrogens with zero attached hydrogens (tertiary/aromatic N) is 1. The Morgan fingerprint density at radius 1 is 1.00 bits per heavy atom. The molecule has 140 valence electrons. The molecule has 2 aromatic rings. The highest BCUT2D eigenvalue weighted by Crippen LogP contribution is 2.33. The molecule has 1 heterocycles. The van der Waals surface area contributed by atoms with Crippen molar-refractivity contribution in [2.75, 3.05) is 33.9 Å². The first-order valence-corrected chi connectivity index (χ1v) is 9.43. The largest absolute Gasteiger partial charge is 0.497 e. The smallest absolute Gasteiger partial charge is 0.122 e. The van der Waals surface area contributed by atoms with Crippen molar-refractivity contribution in [3.8, 4) is 11.5 Å². The summed E-state index contributed by atoms with van der Waals surface area (Å²) in [7, 11) is 3.45. The van der Waals surface area contributed by atoms with Gasteiger partial charge >= 0.3 is 0 Å². The molecule has 26 heavy (non-hydrogen) atoms. The molecule has 1 fully saturated rings. The molecule has 0 bridgehead atoms. The molecule has 0 aliphatic carbocycles. The Balaban J connectivity index is 1.48. The minimum atomic E-state index is 0.159. The van der Waals surface area contributed by atoms with E-state index in [0.717, 1.165) is 50.4 Å². The lowest BCUT2D eigenvalue weighted by atomic mass is 9.88. The molecule has 4 heteroatoms. The van der Waals surface area contributed by atoms with Gasteiger partial charge in [0.25, 0.3) is 0 Å². The Morgan fingerprint density at radius 2 is 1.69 bits per heavy atom. The summed E-state index contributed by atoms with van der Waals surface area (Å²) in [4.78, 5) is 2.50. The minimum absolute atomic E-state index is 0.159. The molecule has 4 nitrogen and oxygen atoms in total. The van der Waals surface area contributed by atoms with E-state index < -0.39 is 0 Å². The van der Waals surface area contributed by atoms with E-state index in [9.17, 15) is 0 Å². The van der Waals surface area contributed by atoms with Crippen LogP contribution < -0.4 is 15.2 Å². The summed E-state index contributed by atoms with van der Waals surface area (Å²) in [5.41, 5.74) is 9.02. The number of benzene rings is 2. The fraction of sp³-hybridized carbons (Fsp3) is 0.455. The molecule has 1 atom stereocenters. The lowest BCUT2D eigenvalue weighted by Crippen LogP contribution is -2.42. The predicted octanol–water partition coefficient (Wildman–Crippen LogP) is 3.45. The van der Waals surface area contributed by atoms with E-state index >= 15 is 0 Å². The first kappa shape index (κ1) is 18.7. The number of nitrogens with two attached hydrogens (primary N) is 1. The second kappa shape index (κ2) is 9.06. The van der Waals surface area contributed by atoms with Crippen molar-refractivity contribution in [2.45, 2.75) is 31.2 Å². The molecule has 2 aromatic carbocycles. The van der Waals surface area contributed by atoms with E-state index in [4.69, 9.17) is 15.2 Å². The first-order valence-electron chi connectivity index (χ1n) is 9.43. The van der Waals surface area contributed by atoms with Crippen LogP contribution in [0.25, 0.3) is 0 Å². The minimum Gasteiger partial charge on any atom is -0.497 e. The highest BCUT2D eigenvalue weighted by atomic mass is 16.5. The van der Waals surface area contributed by atoms with Crippen molar-refractivity contribution in [3.05, 3.63) is 59.7 Å². The molecular formula is C22H30N2O2. The van der Waals surface area contributed by atoms with Crippen LogP contribution in [0.15, 0.2) is 48.5 Å². The summed E-state index contributed by atoms with van der Waals surface area (Å²) < 4.78 is 10.7. The first-order chi connectivity index (χ1) is 12.7. The third-order valence-electron chi connectivity index (χ3n) is 5.32. The zero-order valence-electron chi connectivity index (χ0n) is 15.9. The summed E-state index contributed by atoms with van der Waals surface area (Å²) in [6.07, 6.45) is 3.22. The van der Waals surface area contributed by atoms with E-state index in [-0.39, 0.29) is 6.04 Å². The van der Waals surface area contributed by atoms with Gasteiger partial charge in [0.1, 0.15) is 11.5 Å². The van der Waals surface area contributed by atoms with Gasteiger partial charge in [-0.25, -0.2) is 0 Å². The maximum atomic E-state index is 6.41. The Kier molecular flexibility index (Phi) is 6.53. The fourth-order valence-corrected chi connectivity index (χ4v) is 3.89. The number of para-hydroxylation sites is 1. The van der Waals surface area contributed by atoms with Crippen molar-refractivity contribution in [3.63, 3.8) is 0 Å². The topological polar surface area (TPSA) is 47.7 Å². The highest BCUT2D eigenvalue weighted by Gasteiger charge is 2.23. The van der Waals surface area contributed by atoms with Crippen LogP contribution in [0, 0.1) is 0 Å². The summed E-state index contributed by atoms with van der Waals surface area (Å²) in [5, 5.41) is 0. The van der Waals surface area contributed by atoms with Crippen LogP contribution in [-0.2, 0) is 6.42 Å². The maximum absolute atomic E-state index is 6.41. The molecule has 0 amide bonds. The van der Waals surface area contributed by atoms with E-state index in [1.807, 2.05) is 18.2 Å². The van der Waals surface area contributed by atoms with Crippen LogP contribution in [0.2, 0.25) is 0 Å². The van der Waals surface area contributed by atoms with Crippen molar-refractivity contribution in [1.29, 1.82) is 0 Å². The van der Waals surface area contributed by atoms with E-state index in [1.54, 1.807) is 14.2 Å². The summed E-state index contributed by atoms with van der Waals surface area (Å²) in [5.74, 6) is 2.49. The van der Waals surface area contributed by atoms with Crippen LogP contribution in [-0.4, -0.2) is 44.8 Å². The zero-order chi connectivity index (χ0) is 18.4. The lowest BCUT2D eigenvalue weighted by molar-refractivity contribution is 0.199. The number of piperidine rings is 1. The normalized spacial score (nSPS) is 17.0. The Hall–Kier alpha value is -2.04. The van der Waals surface area contributed by atoms with Gasteiger partial charge < -0.3 is 20.1 Å². The summed E-state index contributed by atoms with van der Waals surface area (Å²) >= 11 is 0. The molecule has 0 spiro atoms. The van der Waals surface area contributed by atoms with Gasteiger partial charge in [0.15, 0.2) is 0 Å². The number of hydrogen-bond acceptors (Lipinski definition) is 4. The SMILES string of the molecule is COc1ccc(CC(N)CN2CCC(c3ccccc3OC)CC2)cc1. The van der Waals surface area contributed by atoms with Gasteiger partial charge in [0.2, 0.25) is 0 Å². The van der Waals surface area contributed by atoms with Crippen molar-refractivity contribution >= 4 is 0 Å². The van der Waals surface area contributed by atoms with Gasteiger partial charge in [-0.05, 0) is 67.6 Å². The number of ether oxygens (including phenoxy) is 2. The Labute approximate surface area is 156 Å². The molecular weight excluding hydrogens is 324 g/mol. The van der Waals surface area contributed by atoms with E-state index in [1.165, 1.54) is 11.1 Å². The quantitative estimate of drug-likeness (QED) is 0.827. The average molecular weight is 354 g/mol. The van der Waals surface area contributed by atoms with Crippen LogP contribution in [0.1, 0.15) is 29.9 Å². The second-order valence-electron chi connectivity index (χ2n) is 7.13. The molecule has 1 unspecified atom stereocenters. The molecule has 0 radical (unpaired) electrons. The average Bonchev–Trinajstić information content (AvgIpc) is 2.69. The van der Waals surface area contributed by atoms with Crippen LogP contribution >= 0.6 is 0 Å². The summed E-state index contributed by atoms with van der Waals surface area (Å²) in [6, 6.07) is 16.8. The van der Waals surface area contributed by atoms with Crippen molar-refractivity contribution < 1.29 is 9.47 Å². The van der Waals surface area contributed by atoms with E-state index in [2.05, 4.69) is 35.2 Å². The number of methoxy groups -OCH3 is 2. The number of likely N-dealkylation sites (tertiary alicyclic amines) is 1. The van der Waals surface area contributed by atoms with Crippen LogP contribution in [0.5, 0.6) is 11.5 Å². The molecule has 3 rings (SSSR count). The lowest BCUT2D eigenvalue weighted by Gasteiger charge is -2.34. The van der Waals surface area contributed by atoms with Crippen molar-refractivity contribution in [2.24, 2.45) is 5.73 Å². The monoisotopic (exact) mass is 354 g/mol. The van der Waals surface area contributed by atoms with Gasteiger partial charge in [-0.1, -0.05) is 30.3 Å². The van der Waals surface area contributed by atoms with Crippen LogP contribution in [0.3, 0.4) is 0 Å². The highest BCUT2D eigenvalue weighted by molar-refractivity contribution is 5.36. The molecule has 2 N–H and O–H groups in total. The maximum Gasteiger partial charge on any atom is 0.122 e. The van der Waals surface area contributed by atoms with Gasteiger partial charge in [-0.3, -0.25) is 0 Å². The van der Waals surface area contributed by atoms with Gasteiger partial charge in [0.05, 0.1) is 14.2 Å². The van der Waals surface area contributed by atoms with Gasteiger partial charge in [-0.2, -0.15) is 0 Å². The third-order valence-corrected chi connectivity index (χ3v) is 5.32. The van der Waals surface area contributed by atoms with Gasteiger partial charge in [-0.15, -0.1) is 0 Å². The van der Waals surface area contributed by atoms with Gasteiger partial charge in [0, 0.05) is 12.6 Å². The standard InChI is InChI=1S/C22H30N2O2/c1-25-20-9-7-17(8-10-20)15-19(23)16-24-13-11-18(12-14-24)21-5-3-4-6-22(21)26-2/h3-10,18-19H,11-16,23H2,1-2H3. The fourth-order valence-electron chi connectivity index (χ4n) is 3.89. The summed E-state index contributed by atoms with van der Waals surface area (Å²) in [6.45, 7) is 3.14. The molecule has 0 saturated carbocycles. The predicted molar refractivity (Wildman–Crippen MR) is 106 cm³/mol. The van der Waals surface area contributed by atoms with Crippen LogP contribution in [0.4, 0.5) is 0 Å². The molecule has 0 aromatic heterocycles. The molecule has 1 saturated heterocycles. The Bertz CT molecular complexity index is 679. The third kappa shape index (κ3) is 4.77. The zero-order valence-corrected chi connectivity index (χ0v) is 15.9. The van der Waals surface area contributed by atoms with E-state index in [0.29, 0.717) is 5.92 Å². The number of hydrogen-bond donors (Lipinski definition) is 1. The Morgan fingerprint density at radius 3 is 2.35 bits per heavy atom. The number of rotatable bonds is 7. The molecule has 1 aliphatic rings. The second-order valence-corrected chi connectivity index (χ2v) is 7.13. The van der Waals surface area contributed by atoms with Crippen molar-refractivity contribution in [1.82, 2.24) is 4.90 Å². The molecule has 1 aliphatic heterocycles.